The third-order valence-electron chi connectivity index (χ3n) is 2.77. The van der Waals surface area contributed by atoms with E-state index in [-0.39, 0.29) is 17.6 Å². The second-order valence-corrected chi connectivity index (χ2v) is 6.25. The van der Waals surface area contributed by atoms with E-state index in [1.165, 1.54) is 18.2 Å². The van der Waals surface area contributed by atoms with Crippen LogP contribution in [0.25, 0.3) is 11.0 Å². The van der Waals surface area contributed by atoms with Gasteiger partial charge < -0.3 is 9.52 Å². The van der Waals surface area contributed by atoms with Crippen LogP contribution >= 0.6 is 0 Å². The van der Waals surface area contributed by atoms with Crippen molar-refractivity contribution >= 4 is 26.8 Å². The van der Waals surface area contributed by atoms with E-state index in [0.717, 1.165) is 6.07 Å². The quantitative estimate of drug-likeness (QED) is 0.500. The molecule has 0 radical (unpaired) electrons. The van der Waals surface area contributed by atoms with E-state index in [4.69, 9.17) is 9.52 Å². The van der Waals surface area contributed by atoms with Crippen molar-refractivity contribution < 1.29 is 35.4 Å². The van der Waals surface area contributed by atoms with Crippen LogP contribution in [0, 0.1) is 0 Å². The van der Waals surface area contributed by atoms with E-state index in [1.54, 1.807) is 0 Å². The van der Waals surface area contributed by atoms with Crippen molar-refractivity contribution in [3.05, 3.63) is 45.8 Å². The van der Waals surface area contributed by atoms with Gasteiger partial charge in [0.05, 0.1) is 18.4 Å². The van der Waals surface area contributed by atoms with Gasteiger partial charge in [-0.3, -0.25) is 4.28 Å². The lowest BCUT2D eigenvalue weighted by Gasteiger charge is -2.09. The Balaban J connectivity index is 2.66. The van der Waals surface area contributed by atoms with Gasteiger partial charge in [-0.05, 0) is 17.7 Å². The third-order valence-corrected chi connectivity index (χ3v) is 3.12. The summed E-state index contributed by atoms with van der Waals surface area (Å²) in [4.78, 5) is 11.8. The van der Waals surface area contributed by atoms with Crippen LogP contribution in [0.3, 0.4) is 0 Å². The summed E-state index contributed by atoms with van der Waals surface area (Å²) in [6.45, 7) is -0.348. The van der Waals surface area contributed by atoms with Crippen molar-refractivity contribution in [2.45, 2.75) is 12.8 Å². The largest absolute Gasteiger partial charge is 0.437 e. The second-order valence-electron chi connectivity index (χ2n) is 4.69. The fourth-order valence-corrected chi connectivity index (χ4v) is 1.99. The van der Waals surface area contributed by atoms with Crippen molar-refractivity contribution in [3.63, 3.8) is 0 Å². The Hall–Kier alpha value is -2.40. The Morgan fingerprint density at radius 1 is 1.33 bits per heavy atom. The zero-order valence-corrected chi connectivity index (χ0v) is 12.8. The Kier molecular flexibility index (Phi) is 4.67. The first kappa shape index (κ1) is 17.9. The molecule has 11 heteroatoms. The Labute approximate surface area is 133 Å². The van der Waals surface area contributed by atoms with Gasteiger partial charge in [0, 0.05) is 5.39 Å². The maximum absolute atomic E-state index is 13.1. The fraction of sp³-hybridized carbons (Fsp3) is 0.231. The number of fused-ring (bicyclic) bond motifs is 1. The minimum atomic E-state index is -5.15. The Morgan fingerprint density at radius 3 is 2.54 bits per heavy atom. The maximum atomic E-state index is 13.1. The molecule has 24 heavy (non-hydrogen) atoms. The minimum Gasteiger partial charge on any atom is -0.422 e. The minimum absolute atomic E-state index is 0.0409. The summed E-state index contributed by atoms with van der Waals surface area (Å²) in [6.07, 6.45) is -4.65. The average Bonchev–Trinajstić information content (AvgIpc) is 2.44. The van der Waals surface area contributed by atoms with Crippen LogP contribution in [-0.4, -0.2) is 31.7 Å². The van der Waals surface area contributed by atoms with Gasteiger partial charge >= 0.3 is 21.9 Å². The Morgan fingerprint density at radius 2 is 2.00 bits per heavy atom. The van der Waals surface area contributed by atoms with E-state index >= 15 is 0 Å². The molecule has 0 spiro atoms. The summed E-state index contributed by atoms with van der Waals surface area (Å²) in [5, 5.41) is 11.7. The van der Waals surface area contributed by atoms with Crippen LogP contribution in [0.5, 0.6) is 0 Å². The zero-order chi connectivity index (χ0) is 18.1. The predicted octanol–water partition coefficient (Wildman–Crippen LogP) is 1.53. The molecule has 2 rings (SSSR count). The molecule has 0 saturated carbocycles. The molecule has 0 amide bonds. The zero-order valence-electron chi connectivity index (χ0n) is 12.0. The van der Waals surface area contributed by atoms with E-state index in [9.17, 15) is 26.4 Å². The van der Waals surface area contributed by atoms with E-state index in [1.807, 2.05) is 0 Å². The van der Waals surface area contributed by atoms with Crippen molar-refractivity contribution in [1.29, 1.82) is 0 Å². The molecule has 0 aliphatic rings. The fourth-order valence-electron chi connectivity index (χ4n) is 1.78. The number of benzene rings is 1. The summed E-state index contributed by atoms with van der Waals surface area (Å²) in [7, 11) is -4.30. The molecule has 1 N–H and O–H groups in total. The standard InChI is InChI=1S/C13H10F3NO6S/c1-24(20,21)23-17-11(13(14,15)16)9-5-8-3-2-7(6-18)4-10(8)22-12(9)19/h2-5,18H,6H2,1H3/b17-11+. The number of aliphatic hydroxyl groups excluding tert-OH is 1. The number of aliphatic hydroxyl groups is 1. The van der Waals surface area contributed by atoms with Crippen LogP contribution < -0.4 is 5.63 Å². The smallest absolute Gasteiger partial charge is 0.422 e. The SMILES string of the molecule is CS(=O)(=O)O/N=C(\c1cc2ccc(CO)cc2oc1=O)C(F)(F)F. The molecule has 0 fully saturated rings. The molecule has 2 aromatic rings. The molecular formula is C13H10F3NO6S. The van der Waals surface area contributed by atoms with Crippen LogP contribution in [0.2, 0.25) is 0 Å². The number of hydrogen-bond acceptors (Lipinski definition) is 7. The number of hydrogen-bond donors (Lipinski definition) is 1. The number of oxime groups is 1. The lowest BCUT2D eigenvalue weighted by molar-refractivity contribution is -0.0598. The lowest BCUT2D eigenvalue weighted by atomic mass is 10.1. The summed E-state index contributed by atoms with van der Waals surface area (Å²) in [6, 6.07) is 4.89. The predicted molar refractivity (Wildman–Crippen MR) is 76.9 cm³/mol. The highest BCUT2D eigenvalue weighted by Crippen LogP contribution is 2.24. The van der Waals surface area contributed by atoms with Gasteiger partial charge in [-0.1, -0.05) is 17.3 Å². The summed E-state index contributed by atoms with van der Waals surface area (Å²) in [5.74, 6) is 0. The topological polar surface area (TPSA) is 106 Å². The number of nitrogens with zero attached hydrogens (tertiary/aromatic N) is 1. The summed E-state index contributed by atoms with van der Waals surface area (Å²) >= 11 is 0. The molecule has 0 unspecified atom stereocenters. The first-order chi connectivity index (χ1) is 11.0. The summed E-state index contributed by atoms with van der Waals surface area (Å²) in [5.41, 5.74) is -3.87. The van der Waals surface area contributed by atoms with Gasteiger partial charge in [-0.2, -0.15) is 21.6 Å². The maximum Gasteiger partial charge on any atom is 0.437 e. The number of halogens is 3. The highest BCUT2D eigenvalue weighted by molar-refractivity contribution is 7.85. The van der Waals surface area contributed by atoms with Crippen molar-refractivity contribution in [2.75, 3.05) is 6.26 Å². The highest BCUT2D eigenvalue weighted by atomic mass is 32.2. The molecule has 0 aliphatic carbocycles. The summed E-state index contributed by atoms with van der Waals surface area (Å²) < 4.78 is 69.5. The first-order valence-corrected chi connectivity index (χ1v) is 8.05. The molecule has 130 valence electrons. The number of rotatable bonds is 4. The van der Waals surface area contributed by atoms with Gasteiger partial charge in [0.15, 0.2) is 5.71 Å². The van der Waals surface area contributed by atoms with E-state index in [0.29, 0.717) is 11.8 Å². The lowest BCUT2D eigenvalue weighted by Crippen LogP contribution is -2.29. The molecule has 7 nitrogen and oxygen atoms in total. The van der Waals surface area contributed by atoms with Crippen molar-refractivity contribution in [1.82, 2.24) is 0 Å². The number of alkyl halides is 3. The van der Waals surface area contributed by atoms with Crippen molar-refractivity contribution in [2.24, 2.45) is 5.16 Å². The van der Waals surface area contributed by atoms with E-state index in [2.05, 4.69) is 9.44 Å². The van der Waals surface area contributed by atoms with Crippen LogP contribution in [0.4, 0.5) is 13.2 Å². The Bertz CT molecular complexity index is 962. The van der Waals surface area contributed by atoms with Crippen LogP contribution in [0.15, 0.2) is 38.6 Å². The van der Waals surface area contributed by atoms with Gasteiger partial charge in [0.1, 0.15) is 5.58 Å². The highest BCUT2D eigenvalue weighted by Gasteiger charge is 2.40. The van der Waals surface area contributed by atoms with E-state index < -0.39 is 33.2 Å². The van der Waals surface area contributed by atoms with Crippen LogP contribution in [-0.2, 0) is 21.0 Å². The second kappa shape index (κ2) is 6.24. The van der Waals surface area contributed by atoms with Crippen molar-refractivity contribution in [3.8, 4) is 0 Å². The van der Waals surface area contributed by atoms with Crippen LogP contribution in [0.1, 0.15) is 11.1 Å². The van der Waals surface area contributed by atoms with Gasteiger partial charge in [-0.25, -0.2) is 4.79 Å². The average molecular weight is 365 g/mol. The van der Waals surface area contributed by atoms with Gasteiger partial charge in [0.2, 0.25) is 0 Å². The molecule has 1 aromatic carbocycles. The normalized spacial score (nSPS) is 13.3. The molecule has 0 saturated heterocycles. The molecule has 1 aromatic heterocycles. The van der Waals surface area contributed by atoms with Gasteiger partial charge in [0.25, 0.3) is 0 Å². The first-order valence-electron chi connectivity index (χ1n) is 6.23. The molecular weight excluding hydrogens is 355 g/mol. The van der Waals surface area contributed by atoms with Gasteiger partial charge in [-0.15, -0.1) is 0 Å². The molecule has 0 atom stereocenters. The monoisotopic (exact) mass is 365 g/mol. The third kappa shape index (κ3) is 4.11. The molecule has 0 bridgehead atoms. The molecule has 0 aliphatic heterocycles. The molecule has 1 heterocycles.